The van der Waals surface area contributed by atoms with Crippen LogP contribution in [0.4, 0.5) is 13.2 Å². The second kappa shape index (κ2) is 8.04. The lowest BCUT2D eigenvalue weighted by atomic mass is 10.1. The minimum absolute atomic E-state index is 0.00119. The Balaban J connectivity index is 1.73. The minimum atomic E-state index is -4.55. The first kappa shape index (κ1) is 21.7. The molecule has 0 saturated carbocycles. The number of alkyl halides is 3. The van der Waals surface area contributed by atoms with Gasteiger partial charge in [-0.2, -0.15) is 22.7 Å². The van der Waals surface area contributed by atoms with E-state index in [0.29, 0.717) is 0 Å². The molecule has 1 aliphatic heterocycles. The highest BCUT2D eigenvalue weighted by Gasteiger charge is 2.35. The van der Waals surface area contributed by atoms with Gasteiger partial charge in [0.05, 0.1) is 16.0 Å². The van der Waals surface area contributed by atoms with Gasteiger partial charge in [-0.15, -0.1) is 0 Å². The number of benzene rings is 1. The topological polar surface area (TPSA) is 94.4 Å². The van der Waals surface area contributed by atoms with Crippen molar-refractivity contribution in [3.63, 3.8) is 0 Å². The summed E-state index contributed by atoms with van der Waals surface area (Å²) in [7, 11) is -4.00. The van der Waals surface area contributed by atoms with Gasteiger partial charge >= 0.3 is 6.18 Å². The predicted octanol–water partition coefficient (Wildman–Crippen LogP) is 2.51. The van der Waals surface area contributed by atoms with Crippen LogP contribution in [0, 0.1) is 11.3 Å². The molecule has 1 aromatic heterocycles. The van der Waals surface area contributed by atoms with Gasteiger partial charge in [0.25, 0.3) is 5.91 Å². The Morgan fingerprint density at radius 2 is 1.83 bits per heavy atom. The summed E-state index contributed by atoms with van der Waals surface area (Å²) in [5.41, 5.74) is -0.479. The van der Waals surface area contributed by atoms with Gasteiger partial charge in [0.15, 0.2) is 0 Å². The molecule has 1 fully saturated rings. The molecule has 1 aliphatic rings. The van der Waals surface area contributed by atoms with Crippen LogP contribution in [0.3, 0.4) is 0 Å². The maximum absolute atomic E-state index is 12.8. The van der Waals surface area contributed by atoms with E-state index in [2.05, 4.69) is 4.98 Å². The Morgan fingerprint density at radius 1 is 1.17 bits per heavy atom. The Morgan fingerprint density at radius 3 is 2.33 bits per heavy atom. The number of rotatable bonds is 3. The Kier molecular flexibility index (Phi) is 5.83. The van der Waals surface area contributed by atoms with Crippen molar-refractivity contribution in [3.8, 4) is 6.07 Å². The summed E-state index contributed by atoms with van der Waals surface area (Å²) in [5, 5.41) is 8.79. The molecule has 7 nitrogen and oxygen atoms in total. The molecule has 0 spiro atoms. The molecule has 0 aliphatic carbocycles. The van der Waals surface area contributed by atoms with Crippen LogP contribution >= 0.6 is 0 Å². The highest BCUT2D eigenvalue weighted by molar-refractivity contribution is 7.89. The van der Waals surface area contributed by atoms with Gasteiger partial charge in [-0.3, -0.25) is 4.79 Å². The Bertz CT molecular complexity index is 1080. The molecule has 1 aromatic carbocycles. The molecular formula is C19H17F3N4O3S. The van der Waals surface area contributed by atoms with E-state index >= 15 is 0 Å². The molecule has 0 bridgehead atoms. The van der Waals surface area contributed by atoms with Crippen molar-refractivity contribution in [1.82, 2.24) is 14.2 Å². The third-order valence-corrected chi connectivity index (χ3v) is 6.67. The second-order valence-electron chi connectivity index (χ2n) is 6.78. The zero-order valence-corrected chi connectivity index (χ0v) is 16.6. The molecule has 1 saturated heterocycles. The lowest BCUT2D eigenvalue weighted by Gasteiger charge is -2.39. The monoisotopic (exact) mass is 438 g/mol. The molecule has 0 radical (unpaired) electrons. The maximum atomic E-state index is 12.8. The van der Waals surface area contributed by atoms with Gasteiger partial charge in [0.2, 0.25) is 10.0 Å². The van der Waals surface area contributed by atoms with Gasteiger partial charge in [0, 0.05) is 31.9 Å². The van der Waals surface area contributed by atoms with Crippen molar-refractivity contribution in [1.29, 1.82) is 5.26 Å². The number of halogens is 3. The van der Waals surface area contributed by atoms with E-state index in [1.54, 1.807) is 6.92 Å². The smallest absolute Gasteiger partial charge is 0.333 e. The molecule has 1 unspecified atom stereocenters. The number of nitriles is 1. The fraction of sp³-hybridized carbons (Fsp3) is 0.316. The molecule has 30 heavy (non-hydrogen) atoms. The van der Waals surface area contributed by atoms with E-state index in [1.807, 2.05) is 6.07 Å². The second-order valence-corrected chi connectivity index (χ2v) is 8.71. The molecule has 11 heteroatoms. The normalized spacial score (nSPS) is 18.1. The molecule has 2 aromatic rings. The van der Waals surface area contributed by atoms with Crippen LogP contribution in [0.25, 0.3) is 0 Å². The highest BCUT2D eigenvalue weighted by atomic mass is 32.2. The van der Waals surface area contributed by atoms with Crippen molar-refractivity contribution in [2.45, 2.75) is 24.0 Å². The van der Waals surface area contributed by atoms with Crippen molar-refractivity contribution in [2.75, 3.05) is 19.6 Å². The fourth-order valence-electron chi connectivity index (χ4n) is 3.16. The number of nitrogens with zero attached hydrogens (tertiary/aromatic N) is 4. The summed E-state index contributed by atoms with van der Waals surface area (Å²) >= 11 is 0. The number of hydrogen-bond donors (Lipinski definition) is 0. The number of amides is 1. The third-order valence-electron chi connectivity index (χ3n) is 4.80. The largest absolute Gasteiger partial charge is 0.416 e. The highest BCUT2D eigenvalue weighted by Crippen LogP contribution is 2.30. The van der Waals surface area contributed by atoms with Gasteiger partial charge in [-0.25, -0.2) is 13.4 Å². The van der Waals surface area contributed by atoms with Crippen LogP contribution in [0.2, 0.25) is 0 Å². The average molecular weight is 438 g/mol. The van der Waals surface area contributed by atoms with E-state index in [4.69, 9.17) is 5.26 Å². The number of aromatic nitrogens is 1. The molecule has 1 atom stereocenters. The minimum Gasteiger partial charge on any atom is -0.333 e. The molecule has 2 heterocycles. The quantitative estimate of drug-likeness (QED) is 0.734. The van der Waals surface area contributed by atoms with E-state index in [0.717, 1.165) is 28.6 Å². The number of carbonyl (C=O) groups is 1. The summed E-state index contributed by atoms with van der Waals surface area (Å²) in [6.07, 6.45) is -3.26. The average Bonchev–Trinajstić information content (AvgIpc) is 2.72. The summed E-state index contributed by atoms with van der Waals surface area (Å²) in [5.74, 6) is -0.342. The number of carbonyl (C=O) groups excluding carboxylic acids is 1. The first-order chi connectivity index (χ1) is 14.0. The molecular weight excluding hydrogens is 421 g/mol. The van der Waals surface area contributed by atoms with Crippen LogP contribution in [0.5, 0.6) is 0 Å². The van der Waals surface area contributed by atoms with Gasteiger partial charge in [-0.1, -0.05) is 0 Å². The van der Waals surface area contributed by atoms with Gasteiger partial charge in [0.1, 0.15) is 11.8 Å². The third kappa shape index (κ3) is 4.29. The van der Waals surface area contributed by atoms with E-state index in [-0.39, 0.29) is 41.7 Å². The van der Waals surface area contributed by atoms with Gasteiger partial charge in [-0.05, 0) is 43.3 Å². The number of piperazine rings is 1. The molecule has 0 N–H and O–H groups in total. The van der Waals surface area contributed by atoms with Crippen LogP contribution in [-0.4, -0.2) is 54.2 Å². The molecule has 1 amide bonds. The van der Waals surface area contributed by atoms with E-state index in [9.17, 15) is 26.4 Å². The zero-order chi connectivity index (χ0) is 22.1. The summed E-state index contributed by atoms with van der Waals surface area (Å²) < 4.78 is 64.9. The summed E-state index contributed by atoms with van der Waals surface area (Å²) in [6, 6.07) is 7.62. The van der Waals surface area contributed by atoms with Crippen LogP contribution < -0.4 is 0 Å². The number of hydrogen-bond acceptors (Lipinski definition) is 5. The fourth-order valence-corrected chi connectivity index (χ4v) is 4.67. The summed E-state index contributed by atoms with van der Waals surface area (Å²) in [4.78, 5) is 17.8. The van der Waals surface area contributed by atoms with Gasteiger partial charge < -0.3 is 4.90 Å². The van der Waals surface area contributed by atoms with Crippen LogP contribution in [-0.2, 0) is 16.2 Å². The molecule has 3 rings (SSSR count). The molecule has 158 valence electrons. The van der Waals surface area contributed by atoms with Crippen LogP contribution in [0.15, 0.2) is 47.5 Å². The van der Waals surface area contributed by atoms with E-state index < -0.39 is 27.8 Å². The van der Waals surface area contributed by atoms with Crippen molar-refractivity contribution < 1.29 is 26.4 Å². The number of sulfonamides is 1. The predicted molar refractivity (Wildman–Crippen MR) is 99.7 cm³/mol. The zero-order valence-electron chi connectivity index (χ0n) is 15.8. The maximum Gasteiger partial charge on any atom is 0.416 e. The first-order valence-corrected chi connectivity index (χ1v) is 10.3. The van der Waals surface area contributed by atoms with Crippen LogP contribution in [0.1, 0.15) is 28.5 Å². The van der Waals surface area contributed by atoms with Crippen molar-refractivity contribution in [3.05, 3.63) is 59.4 Å². The van der Waals surface area contributed by atoms with E-state index in [1.165, 1.54) is 23.2 Å². The standard InChI is InChI=1S/C19H17F3N4O3S/c1-13-12-25(30(28,29)17-6-3-15(4-7-17)19(20,21)22)8-9-26(13)18(27)14-2-5-16(10-23)24-11-14/h2-7,11,13H,8-9,12H2,1H3. The Hall–Kier alpha value is -2.97. The lowest BCUT2D eigenvalue weighted by Crippen LogP contribution is -2.55. The Labute approximate surface area is 171 Å². The number of pyridine rings is 1. The first-order valence-electron chi connectivity index (χ1n) is 8.88. The summed E-state index contributed by atoms with van der Waals surface area (Å²) in [6.45, 7) is 1.80. The lowest BCUT2D eigenvalue weighted by molar-refractivity contribution is -0.137. The van der Waals surface area contributed by atoms with Crippen molar-refractivity contribution in [2.24, 2.45) is 0 Å². The SMILES string of the molecule is CC1CN(S(=O)(=O)c2ccc(C(F)(F)F)cc2)CCN1C(=O)c1ccc(C#N)nc1. The van der Waals surface area contributed by atoms with Crippen molar-refractivity contribution >= 4 is 15.9 Å².